The highest BCUT2D eigenvalue weighted by Crippen LogP contribution is 2.19. The first kappa shape index (κ1) is 18.3. The zero-order valence-corrected chi connectivity index (χ0v) is 15.6. The van der Waals surface area contributed by atoms with Crippen LogP contribution in [0.4, 0.5) is 11.5 Å². The predicted octanol–water partition coefficient (Wildman–Crippen LogP) is 4.40. The summed E-state index contributed by atoms with van der Waals surface area (Å²) in [6, 6.07) is 24.4. The number of rotatable bonds is 6. The molecule has 0 aliphatic carbocycles. The molecule has 0 saturated heterocycles. The number of amides is 1. The van der Waals surface area contributed by atoms with E-state index >= 15 is 0 Å². The van der Waals surface area contributed by atoms with Crippen molar-refractivity contribution in [3.63, 3.8) is 0 Å². The number of carbonyl (C=O) groups excluding carboxylic acids is 1. The van der Waals surface area contributed by atoms with E-state index in [-0.39, 0.29) is 11.6 Å². The van der Waals surface area contributed by atoms with Gasteiger partial charge in [-0.1, -0.05) is 54.6 Å². The standard InChI is InChI=1S/C23H19N5O/c29-23(26-19-11-5-2-6-12-19)20-14-21(25-16-17-8-7-13-24-15-17)28-22(27-20)18-9-3-1-4-10-18/h1-15H,16H2,(H,26,29)(H,25,27,28). The van der Waals surface area contributed by atoms with Gasteiger partial charge < -0.3 is 10.6 Å². The quantitative estimate of drug-likeness (QED) is 0.517. The summed E-state index contributed by atoms with van der Waals surface area (Å²) in [5, 5.41) is 6.13. The lowest BCUT2D eigenvalue weighted by Gasteiger charge is -2.11. The summed E-state index contributed by atoms with van der Waals surface area (Å²) in [4.78, 5) is 26.0. The number of nitrogens with one attached hydrogen (secondary N) is 2. The van der Waals surface area contributed by atoms with Gasteiger partial charge in [0.15, 0.2) is 5.82 Å². The van der Waals surface area contributed by atoms with Gasteiger partial charge in [0.2, 0.25) is 0 Å². The van der Waals surface area contributed by atoms with Gasteiger partial charge in [-0.2, -0.15) is 0 Å². The summed E-state index contributed by atoms with van der Waals surface area (Å²) in [5.41, 5.74) is 2.85. The van der Waals surface area contributed by atoms with E-state index in [2.05, 4.69) is 25.6 Å². The summed E-state index contributed by atoms with van der Waals surface area (Å²) in [5.74, 6) is 0.765. The molecule has 0 spiro atoms. The summed E-state index contributed by atoms with van der Waals surface area (Å²) in [6.45, 7) is 0.541. The average Bonchev–Trinajstić information content (AvgIpc) is 2.79. The molecule has 0 aliphatic rings. The van der Waals surface area contributed by atoms with Crippen molar-refractivity contribution < 1.29 is 4.79 Å². The van der Waals surface area contributed by atoms with Gasteiger partial charge in [0.05, 0.1) is 0 Å². The van der Waals surface area contributed by atoms with Gasteiger partial charge >= 0.3 is 0 Å². The second-order valence-electron chi connectivity index (χ2n) is 6.36. The van der Waals surface area contributed by atoms with E-state index in [0.717, 1.165) is 11.1 Å². The van der Waals surface area contributed by atoms with Crippen LogP contribution >= 0.6 is 0 Å². The van der Waals surface area contributed by atoms with Crippen LogP contribution in [-0.2, 0) is 6.54 Å². The van der Waals surface area contributed by atoms with Gasteiger partial charge in [0.25, 0.3) is 5.91 Å². The fourth-order valence-corrected chi connectivity index (χ4v) is 2.78. The molecule has 2 aromatic carbocycles. The van der Waals surface area contributed by atoms with Crippen molar-refractivity contribution in [2.24, 2.45) is 0 Å². The van der Waals surface area contributed by atoms with Gasteiger partial charge in [-0.25, -0.2) is 9.97 Å². The molecular weight excluding hydrogens is 362 g/mol. The molecule has 0 saturated carbocycles. The lowest BCUT2D eigenvalue weighted by atomic mass is 10.2. The first-order valence-corrected chi connectivity index (χ1v) is 9.21. The first-order chi connectivity index (χ1) is 14.3. The van der Waals surface area contributed by atoms with Crippen LogP contribution in [0.15, 0.2) is 91.3 Å². The van der Waals surface area contributed by atoms with Gasteiger partial charge in [0, 0.05) is 36.3 Å². The van der Waals surface area contributed by atoms with Crippen LogP contribution in [0.25, 0.3) is 11.4 Å². The minimum absolute atomic E-state index is 0.288. The van der Waals surface area contributed by atoms with Gasteiger partial charge in [-0.15, -0.1) is 0 Å². The van der Waals surface area contributed by atoms with Crippen molar-refractivity contribution in [2.45, 2.75) is 6.54 Å². The lowest BCUT2D eigenvalue weighted by Crippen LogP contribution is -2.15. The summed E-state index contributed by atoms with van der Waals surface area (Å²) >= 11 is 0. The molecule has 142 valence electrons. The van der Waals surface area contributed by atoms with E-state index in [4.69, 9.17) is 0 Å². The van der Waals surface area contributed by atoms with Crippen molar-refractivity contribution in [2.75, 3.05) is 10.6 Å². The number of aromatic nitrogens is 3. The molecule has 0 bridgehead atoms. The number of benzene rings is 2. The molecule has 2 aromatic heterocycles. The summed E-state index contributed by atoms with van der Waals surface area (Å²) in [7, 11) is 0. The Morgan fingerprint density at radius 2 is 1.62 bits per heavy atom. The third-order valence-electron chi connectivity index (χ3n) is 4.22. The Labute approximate surface area is 168 Å². The number of hydrogen-bond acceptors (Lipinski definition) is 5. The monoisotopic (exact) mass is 381 g/mol. The Kier molecular flexibility index (Phi) is 5.53. The van der Waals surface area contributed by atoms with Crippen molar-refractivity contribution in [1.29, 1.82) is 0 Å². The van der Waals surface area contributed by atoms with Crippen molar-refractivity contribution in [1.82, 2.24) is 15.0 Å². The number of carbonyl (C=O) groups is 1. The second kappa shape index (κ2) is 8.75. The number of nitrogens with zero attached hydrogens (tertiary/aromatic N) is 3. The lowest BCUT2D eigenvalue weighted by molar-refractivity contribution is 0.102. The molecule has 2 heterocycles. The van der Waals surface area contributed by atoms with Crippen LogP contribution in [0.2, 0.25) is 0 Å². The SMILES string of the molecule is O=C(Nc1ccccc1)c1cc(NCc2cccnc2)nc(-c2ccccc2)n1. The number of anilines is 2. The Bertz CT molecular complexity index is 1090. The van der Waals surface area contributed by atoms with E-state index in [0.29, 0.717) is 23.9 Å². The molecule has 2 N–H and O–H groups in total. The molecule has 0 unspecified atom stereocenters. The molecule has 0 atom stereocenters. The fraction of sp³-hybridized carbons (Fsp3) is 0.0435. The smallest absolute Gasteiger partial charge is 0.274 e. The average molecular weight is 381 g/mol. The number of para-hydroxylation sites is 1. The molecule has 0 fully saturated rings. The molecule has 0 aliphatic heterocycles. The molecule has 0 radical (unpaired) electrons. The van der Waals surface area contributed by atoms with Crippen LogP contribution in [0.1, 0.15) is 16.1 Å². The molecule has 1 amide bonds. The molecule has 6 heteroatoms. The Morgan fingerprint density at radius 3 is 2.34 bits per heavy atom. The highest BCUT2D eigenvalue weighted by molar-refractivity contribution is 6.03. The zero-order chi connectivity index (χ0) is 19.9. The van der Waals surface area contributed by atoms with E-state index in [1.807, 2.05) is 72.8 Å². The fourth-order valence-electron chi connectivity index (χ4n) is 2.78. The van der Waals surface area contributed by atoms with E-state index < -0.39 is 0 Å². The van der Waals surface area contributed by atoms with E-state index in [9.17, 15) is 4.79 Å². The third kappa shape index (κ3) is 4.81. The highest BCUT2D eigenvalue weighted by Gasteiger charge is 2.13. The Hall–Kier alpha value is -4.06. The van der Waals surface area contributed by atoms with Crippen LogP contribution in [-0.4, -0.2) is 20.9 Å². The first-order valence-electron chi connectivity index (χ1n) is 9.21. The largest absolute Gasteiger partial charge is 0.366 e. The molecule has 4 rings (SSSR count). The number of pyridine rings is 1. The minimum atomic E-state index is -0.291. The normalized spacial score (nSPS) is 10.3. The van der Waals surface area contributed by atoms with Crippen LogP contribution in [0.3, 0.4) is 0 Å². The molecule has 29 heavy (non-hydrogen) atoms. The van der Waals surface area contributed by atoms with E-state index in [1.165, 1.54) is 0 Å². The van der Waals surface area contributed by atoms with Gasteiger partial charge in [0.1, 0.15) is 11.5 Å². The maximum Gasteiger partial charge on any atom is 0.274 e. The molecular formula is C23H19N5O. The van der Waals surface area contributed by atoms with Crippen molar-refractivity contribution in [3.05, 3.63) is 103 Å². The van der Waals surface area contributed by atoms with Gasteiger partial charge in [-0.3, -0.25) is 9.78 Å². The molecule has 6 nitrogen and oxygen atoms in total. The van der Waals surface area contributed by atoms with Crippen molar-refractivity contribution in [3.8, 4) is 11.4 Å². The second-order valence-corrected chi connectivity index (χ2v) is 6.36. The number of hydrogen-bond donors (Lipinski definition) is 2. The van der Waals surface area contributed by atoms with Crippen LogP contribution in [0, 0.1) is 0 Å². The van der Waals surface area contributed by atoms with Crippen LogP contribution < -0.4 is 10.6 Å². The highest BCUT2D eigenvalue weighted by atomic mass is 16.1. The Morgan fingerprint density at radius 1 is 0.862 bits per heavy atom. The maximum absolute atomic E-state index is 12.8. The summed E-state index contributed by atoms with van der Waals surface area (Å²) < 4.78 is 0. The zero-order valence-electron chi connectivity index (χ0n) is 15.6. The van der Waals surface area contributed by atoms with Crippen LogP contribution in [0.5, 0.6) is 0 Å². The third-order valence-corrected chi connectivity index (χ3v) is 4.22. The van der Waals surface area contributed by atoms with Gasteiger partial charge in [-0.05, 0) is 23.8 Å². The topological polar surface area (TPSA) is 79.8 Å². The maximum atomic E-state index is 12.8. The summed E-state index contributed by atoms with van der Waals surface area (Å²) in [6.07, 6.45) is 3.52. The predicted molar refractivity (Wildman–Crippen MR) is 113 cm³/mol. The molecule has 4 aromatic rings. The minimum Gasteiger partial charge on any atom is -0.366 e. The van der Waals surface area contributed by atoms with Crippen molar-refractivity contribution >= 4 is 17.4 Å². The Balaban J connectivity index is 1.63. The van der Waals surface area contributed by atoms with E-state index in [1.54, 1.807) is 18.5 Å².